The van der Waals surface area contributed by atoms with Crippen LogP contribution in [0, 0.1) is 0 Å². The number of hydrogen-bond acceptors (Lipinski definition) is 3. The van der Waals surface area contributed by atoms with Crippen LogP contribution in [-0.4, -0.2) is 22.3 Å². The zero-order valence-corrected chi connectivity index (χ0v) is 12.2. The molecule has 1 amide bonds. The standard InChI is InChI=1S/C16H18N2OS/c19-15-7-2-1-3-9-18(15)12-13-5-4-6-14(11-13)16-17-8-10-20-16/h4-6,8,10-11H,1-3,7,9,12H2. The van der Waals surface area contributed by atoms with Crippen LogP contribution in [0.25, 0.3) is 10.6 Å². The average molecular weight is 286 g/mol. The van der Waals surface area contributed by atoms with Crippen molar-refractivity contribution in [3.63, 3.8) is 0 Å². The van der Waals surface area contributed by atoms with Gasteiger partial charge in [0.2, 0.25) is 5.91 Å². The van der Waals surface area contributed by atoms with Crippen molar-refractivity contribution < 1.29 is 4.79 Å². The number of carbonyl (C=O) groups excluding carboxylic acids is 1. The third kappa shape index (κ3) is 3.07. The van der Waals surface area contributed by atoms with Crippen LogP contribution in [0.3, 0.4) is 0 Å². The van der Waals surface area contributed by atoms with Crippen LogP contribution in [0.4, 0.5) is 0 Å². The molecule has 0 atom stereocenters. The molecule has 1 aliphatic rings. The minimum Gasteiger partial charge on any atom is -0.338 e. The molecule has 3 nitrogen and oxygen atoms in total. The highest BCUT2D eigenvalue weighted by Gasteiger charge is 2.16. The van der Waals surface area contributed by atoms with E-state index in [-0.39, 0.29) is 0 Å². The predicted octanol–water partition coefficient (Wildman–Crippen LogP) is 3.71. The summed E-state index contributed by atoms with van der Waals surface area (Å²) in [5, 5.41) is 3.02. The molecule has 2 heterocycles. The van der Waals surface area contributed by atoms with Gasteiger partial charge in [0.1, 0.15) is 5.01 Å². The van der Waals surface area contributed by atoms with Gasteiger partial charge in [0.25, 0.3) is 0 Å². The van der Waals surface area contributed by atoms with Gasteiger partial charge in [-0.1, -0.05) is 24.6 Å². The Morgan fingerprint density at radius 1 is 1.25 bits per heavy atom. The van der Waals surface area contributed by atoms with Crippen molar-refractivity contribution in [1.29, 1.82) is 0 Å². The Balaban J connectivity index is 1.77. The summed E-state index contributed by atoms with van der Waals surface area (Å²) in [4.78, 5) is 18.4. The second-order valence-corrected chi connectivity index (χ2v) is 6.06. The molecule has 0 saturated carbocycles. The van der Waals surface area contributed by atoms with E-state index < -0.39 is 0 Å². The number of rotatable bonds is 3. The van der Waals surface area contributed by atoms with Gasteiger partial charge in [0.05, 0.1) is 0 Å². The molecule has 1 aromatic heterocycles. The number of hydrogen-bond donors (Lipinski definition) is 0. The summed E-state index contributed by atoms with van der Waals surface area (Å²) in [5.41, 5.74) is 2.33. The molecule has 1 saturated heterocycles. The van der Waals surface area contributed by atoms with Gasteiger partial charge in [-0.2, -0.15) is 0 Å². The molecule has 0 aliphatic carbocycles. The maximum Gasteiger partial charge on any atom is 0.222 e. The minimum absolute atomic E-state index is 0.294. The third-order valence-electron chi connectivity index (χ3n) is 3.65. The third-order valence-corrected chi connectivity index (χ3v) is 4.47. The summed E-state index contributed by atoms with van der Waals surface area (Å²) < 4.78 is 0. The Morgan fingerprint density at radius 2 is 2.20 bits per heavy atom. The minimum atomic E-state index is 0.294. The predicted molar refractivity (Wildman–Crippen MR) is 81.4 cm³/mol. The summed E-state index contributed by atoms with van der Waals surface area (Å²) in [7, 11) is 0. The first-order valence-electron chi connectivity index (χ1n) is 7.09. The van der Waals surface area contributed by atoms with E-state index in [1.807, 2.05) is 22.5 Å². The molecule has 0 N–H and O–H groups in total. The van der Waals surface area contributed by atoms with Crippen molar-refractivity contribution in [2.45, 2.75) is 32.2 Å². The topological polar surface area (TPSA) is 33.2 Å². The lowest BCUT2D eigenvalue weighted by atomic mass is 10.1. The van der Waals surface area contributed by atoms with E-state index >= 15 is 0 Å². The van der Waals surface area contributed by atoms with E-state index in [2.05, 4.69) is 23.2 Å². The van der Waals surface area contributed by atoms with Crippen LogP contribution < -0.4 is 0 Å². The van der Waals surface area contributed by atoms with Crippen LogP contribution >= 0.6 is 11.3 Å². The fourth-order valence-corrected chi connectivity index (χ4v) is 3.23. The number of benzene rings is 1. The SMILES string of the molecule is O=C1CCCCCN1Cc1cccc(-c2nccs2)c1. The molecular formula is C16H18N2OS. The summed E-state index contributed by atoms with van der Waals surface area (Å²) in [6.07, 6.45) is 5.85. The van der Waals surface area contributed by atoms with Gasteiger partial charge >= 0.3 is 0 Å². The van der Waals surface area contributed by atoms with Crippen LogP contribution in [0.2, 0.25) is 0 Å². The molecule has 0 spiro atoms. The van der Waals surface area contributed by atoms with E-state index in [0.717, 1.165) is 36.5 Å². The Hall–Kier alpha value is -1.68. The zero-order chi connectivity index (χ0) is 13.8. The molecule has 1 aliphatic heterocycles. The molecule has 20 heavy (non-hydrogen) atoms. The number of amides is 1. The monoisotopic (exact) mass is 286 g/mol. The Kier molecular flexibility index (Phi) is 4.11. The van der Waals surface area contributed by atoms with Crippen molar-refractivity contribution in [3.8, 4) is 10.6 Å². The van der Waals surface area contributed by atoms with Crippen LogP contribution in [-0.2, 0) is 11.3 Å². The Bertz CT molecular complexity index is 580. The van der Waals surface area contributed by atoms with Crippen molar-refractivity contribution in [3.05, 3.63) is 41.4 Å². The van der Waals surface area contributed by atoms with Crippen molar-refractivity contribution in [1.82, 2.24) is 9.88 Å². The smallest absolute Gasteiger partial charge is 0.222 e. The molecule has 0 radical (unpaired) electrons. The molecule has 3 rings (SSSR count). The lowest BCUT2D eigenvalue weighted by molar-refractivity contribution is -0.131. The first-order valence-corrected chi connectivity index (χ1v) is 7.97. The van der Waals surface area contributed by atoms with Gasteiger partial charge in [-0.3, -0.25) is 4.79 Å². The Morgan fingerprint density at radius 3 is 3.05 bits per heavy atom. The molecule has 4 heteroatoms. The molecule has 104 valence electrons. The largest absolute Gasteiger partial charge is 0.338 e. The second-order valence-electron chi connectivity index (χ2n) is 5.16. The highest BCUT2D eigenvalue weighted by atomic mass is 32.1. The highest BCUT2D eigenvalue weighted by Crippen LogP contribution is 2.23. The van der Waals surface area contributed by atoms with Gasteiger partial charge < -0.3 is 4.90 Å². The summed E-state index contributed by atoms with van der Waals surface area (Å²) >= 11 is 1.64. The summed E-state index contributed by atoms with van der Waals surface area (Å²) in [5.74, 6) is 0.294. The Labute approximate surface area is 123 Å². The van der Waals surface area contributed by atoms with E-state index in [9.17, 15) is 4.79 Å². The molecule has 2 aromatic rings. The normalized spacial score (nSPS) is 16.2. The number of likely N-dealkylation sites (tertiary alicyclic amines) is 1. The average Bonchev–Trinajstić information content (AvgIpc) is 2.93. The van der Waals surface area contributed by atoms with E-state index in [1.54, 1.807) is 11.3 Å². The quantitative estimate of drug-likeness (QED) is 0.861. The van der Waals surface area contributed by atoms with E-state index in [0.29, 0.717) is 12.3 Å². The lowest BCUT2D eigenvalue weighted by Gasteiger charge is -2.20. The van der Waals surface area contributed by atoms with E-state index in [1.165, 1.54) is 12.0 Å². The first kappa shape index (κ1) is 13.3. The van der Waals surface area contributed by atoms with Crippen molar-refractivity contribution in [2.75, 3.05) is 6.54 Å². The van der Waals surface area contributed by atoms with Gasteiger partial charge in [0, 0.05) is 36.7 Å². The number of carbonyl (C=O) groups is 1. The zero-order valence-electron chi connectivity index (χ0n) is 11.4. The van der Waals surface area contributed by atoms with E-state index in [4.69, 9.17) is 0 Å². The number of thiazole rings is 1. The highest BCUT2D eigenvalue weighted by molar-refractivity contribution is 7.13. The second kappa shape index (κ2) is 6.18. The van der Waals surface area contributed by atoms with Crippen molar-refractivity contribution >= 4 is 17.2 Å². The molecule has 0 bridgehead atoms. The van der Waals surface area contributed by atoms with Gasteiger partial charge in [-0.25, -0.2) is 4.98 Å². The molecule has 0 unspecified atom stereocenters. The van der Waals surface area contributed by atoms with Crippen LogP contribution in [0.15, 0.2) is 35.8 Å². The lowest BCUT2D eigenvalue weighted by Crippen LogP contribution is -2.29. The molecule has 1 fully saturated rings. The molecule has 1 aromatic carbocycles. The maximum absolute atomic E-state index is 12.0. The van der Waals surface area contributed by atoms with Crippen molar-refractivity contribution in [2.24, 2.45) is 0 Å². The van der Waals surface area contributed by atoms with Gasteiger partial charge in [0.15, 0.2) is 0 Å². The maximum atomic E-state index is 12.0. The van der Waals surface area contributed by atoms with Gasteiger partial charge in [-0.15, -0.1) is 11.3 Å². The first-order chi connectivity index (χ1) is 9.83. The van der Waals surface area contributed by atoms with Crippen LogP contribution in [0.5, 0.6) is 0 Å². The summed E-state index contributed by atoms with van der Waals surface area (Å²) in [6.45, 7) is 1.61. The number of aromatic nitrogens is 1. The number of nitrogens with zero attached hydrogens (tertiary/aromatic N) is 2. The fourth-order valence-electron chi connectivity index (χ4n) is 2.59. The van der Waals surface area contributed by atoms with Gasteiger partial charge in [-0.05, 0) is 24.5 Å². The molecular weight excluding hydrogens is 268 g/mol. The van der Waals surface area contributed by atoms with Crippen LogP contribution in [0.1, 0.15) is 31.2 Å². The summed E-state index contributed by atoms with van der Waals surface area (Å²) in [6, 6.07) is 8.37. The fraction of sp³-hybridized carbons (Fsp3) is 0.375.